The summed E-state index contributed by atoms with van der Waals surface area (Å²) in [6.07, 6.45) is 0. The molecule has 0 spiro atoms. The standard InChI is InChI=1S/C20H20N4O5S/c1-13(25)23(14(2)26)15-9-11-17(12-10-15)30(27,28)20-18(21)19(29-3)22-24(20)16-7-5-4-6-8-16/h4-12H,21H2,1-3H3. The molecule has 9 nitrogen and oxygen atoms in total. The fourth-order valence-corrected chi connectivity index (χ4v) is 4.49. The maximum atomic E-state index is 13.4. The summed E-state index contributed by atoms with van der Waals surface area (Å²) in [4.78, 5) is 24.3. The van der Waals surface area contributed by atoms with Crippen LogP contribution in [0.5, 0.6) is 5.88 Å². The van der Waals surface area contributed by atoms with E-state index in [1.54, 1.807) is 30.3 Å². The highest BCUT2D eigenvalue weighted by atomic mass is 32.2. The van der Waals surface area contributed by atoms with Crippen molar-refractivity contribution in [3.8, 4) is 11.6 Å². The van der Waals surface area contributed by atoms with Crippen LogP contribution in [0, 0.1) is 0 Å². The van der Waals surface area contributed by atoms with Gasteiger partial charge in [0.2, 0.25) is 21.7 Å². The fraction of sp³-hybridized carbons (Fsp3) is 0.150. The number of ether oxygens (including phenoxy) is 1. The lowest BCUT2D eigenvalue weighted by Gasteiger charge is -2.17. The second-order valence-electron chi connectivity index (χ2n) is 6.35. The van der Waals surface area contributed by atoms with E-state index in [9.17, 15) is 18.0 Å². The van der Waals surface area contributed by atoms with Gasteiger partial charge in [-0.3, -0.25) is 14.5 Å². The monoisotopic (exact) mass is 428 g/mol. The number of para-hydroxylation sites is 1. The highest BCUT2D eigenvalue weighted by molar-refractivity contribution is 7.91. The number of aromatic nitrogens is 2. The van der Waals surface area contributed by atoms with Gasteiger partial charge in [0.05, 0.1) is 23.4 Å². The van der Waals surface area contributed by atoms with E-state index >= 15 is 0 Å². The quantitative estimate of drug-likeness (QED) is 0.660. The zero-order valence-electron chi connectivity index (χ0n) is 16.6. The molecule has 2 N–H and O–H groups in total. The Hall–Kier alpha value is -3.66. The minimum atomic E-state index is -4.11. The number of nitrogen functional groups attached to an aromatic ring is 1. The number of benzene rings is 2. The van der Waals surface area contributed by atoms with E-state index in [1.165, 1.54) is 49.9 Å². The van der Waals surface area contributed by atoms with Crippen LogP contribution >= 0.6 is 0 Å². The van der Waals surface area contributed by atoms with Gasteiger partial charge in [-0.15, -0.1) is 5.10 Å². The summed E-state index contributed by atoms with van der Waals surface area (Å²) in [6.45, 7) is 2.49. The first-order valence-electron chi connectivity index (χ1n) is 8.82. The number of carbonyl (C=O) groups is 2. The highest BCUT2D eigenvalue weighted by Gasteiger charge is 2.30. The molecule has 0 aliphatic heterocycles. The third-order valence-electron chi connectivity index (χ3n) is 4.33. The molecule has 0 radical (unpaired) electrons. The first kappa shape index (κ1) is 21.1. The molecule has 1 heterocycles. The van der Waals surface area contributed by atoms with Gasteiger partial charge in [0, 0.05) is 13.8 Å². The number of amides is 2. The SMILES string of the molecule is COc1nn(-c2ccccc2)c(S(=O)(=O)c2ccc(N(C(C)=O)C(C)=O)cc2)c1N. The Morgan fingerprint density at radius 1 is 1.00 bits per heavy atom. The predicted octanol–water partition coefficient (Wildman–Crippen LogP) is 2.20. The molecule has 0 bridgehead atoms. The Bertz CT molecular complexity index is 1190. The van der Waals surface area contributed by atoms with E-state index < -0.39 is 21.7 Å². The average molecular weight is 428 g/mol. The van der Waals surface area contributed by atoms with Gasteiger partial charge >= 0.3 is 0 Å². The Morgan fingerprint density at radius 3 is 2.07 bits per heavy atom. The molecule has 10 heteroatoms. The topological polar surface area (TPSA) is 125 Å². The molecule has 0 aliphatic carbocycles. The van der Waals surface area contributed by atoms with Crippen LogP contribution < -0.4 is 15.4 Å². The number of nitrogens with zero attached hydrogens (tertiary/aromatic N) is 3. The lowest BCUT2D eigenvalue weighted by molar-refractivity contribution is -0.124. The van der Waals surface area contributed by atoms with Crippen LogP contribution in [0.15, 0.2) is 64.5 Å². The molecule has 3 rings (SSSR count). The first-order chi connectivity index (χ1) is 14.2. The molecular formula is C20H20N4O5S. The van der Waals surface area contributed by atoms with Gasteiger partial charge in [0.1, 0.15) is 5.69 Å². The molecule has 0 fully saturated rings. The summed E-state index contributed by atoms with van der Waals surface area (Å²) in [7, 11) is -2.77. The molecule has 1 aromatic heterocycles. The zero-order valence-corrected chi connectivity index (χ0v) is 17.4. The van der Waals surface area contributed by atoms with E-state index in [0.29, 0.717) is 5.69 Å². The van der Waals surface area contributed by atoms with Crippen LogP contribution in [-0.4, -0.2) is 37.1 Å². The van der Waals surface area contributed by atoms with Gasteiger partial charge in [-0.05, 0) is 36.4 Å². The number of nitrogens with two attached hydrogens (primary N) is 1. The minimum Gasteiger partial charge on any atom is -0.478 e. The van der Waals surface area contributed by atoms with Crippen LogP contribution in [0.2, 0.25) is 0 Å². The number of carbonyl (C=O) groups excluding carboxylic acids is 2. The number of hydrogen-bond acceptors (Lipinski definition) is 7. The van der Waals surface area contributed by atoms with Crippen molar-refractivity contribution in [2.24, 2.45) is 0 Å². The van der Waals surface area contributed by atoms with Crippen LogP contribution in [0.1, 0.15) is 13.8 Å². The number of anilines is 2. The smallest absolute Gasteiger partial charge is 0.257 e. The van der Waals surface area contributed by atoms with E-state index in [-0.39, 0.29) is 27.2 Å². The third kappa shape index (κ3) is 3.64. The predicted molar refractivity (Wildman–Crippen MR) is 110 cm³/mol. The van der Waals surface area contributed by atoms with Crippen molar-refractivity contribution in [3.05, 3.63) is 54.6 Å². The summed E-state index contributed by atoms with van der Waals surface area (Å²) in [5, 5.41) is 3.93. The number of imide groups is 1. The van der Waals surface area contributed by atoms with Crippen molar-refractivity contribution in [2.75, 3.05) is 17.7 Å². The molecule has 0 saturated heterocycles. The molecule has 0 unspecified atom stereocenters. The Labute approximate surface area is 173 Å². The summed E-state index contributed by atoms with van der Waals surface area (Å²) in [6, 6.07) is 14.0. The van der Waals surface area contributed by atoms with Crippen molar-refractivity contribution in [1.82, 2.24) is 9.78 Å². The van der Waals surface area contributed by atoms with E-state index in [2.05, 4.69) is 5.10 Å². The van der Waals surface area contributed by atoms with Crippen LogP contribution in [0.25, 0.3) is 5.69 Å². The van der Waals surface area contributed by atoms with Crippen molar-refractivity contribution in [1.29, 1.82) is 0 Å². The van der Waals surface area contributed by atoms with Crippen LogP contribution in [0.3, 0.4) is 0 Å². The summed E-state index contributed by atoms with van der Waals surface area (Å²) in [5.74, 6) is -0.975. The van der Waals surface area contributed by atoms with Crippen molar-refractivity contribution in [2.45, 2.75) is 23.8 Å². The molecule has 0 aliphatic rings. The maximum absolute atomic E-state index is 13.4. The van der Waals surface area contributed by atoms with Crippen LogP contribution in [-0.2, 0) is 19.4 Å². The van der Waals surface area contributed by atoms with Gasteiger partial charge < -0.3 is 10.5 Å². The number of sulfone groups is 1. The van der Waals surface area contributed by atoms with Crippen LogP contribution in [0.4, 0.5) is 11.4 Å². The zero-order chi connectivity index (χ0) is 22.1. The Kier molecular flexibility index (Phi) is 5.61. The molecular weight excluding hydrogens is 408 g/mol. The molecule has 2 aromatic carbocycles. The van der Waals surface area contributed by atoms with Gasteiger partial charge in [0.15, 0.2) is 5.03 Å². The lowest BCUT2D eigenvalue weighted by Crippen LogP contribution is -2.32. The second kappa shape index (κ2) is 7.99. The summed E-state index contributed by atoms with van der Waals surface area (Å²) >= 11 is 0. The summed E-state index contributed by atoms with van der Waals surface area (Å²) < 4.78 is 33.1. The number of methoxy groups -OCH3 is 1. The Morgan fingerprint density at radius 2 is 1.57 bits per heavy atom. The van der Waals surface area contributed by atoms with Gasteiger partial charge in [0.25, 0.3) is 5.88 Å². The van der Waals surface area contributed by atoms with Gasteiger partial charge in [-0.25, -0.2) is 13.1 Å². The summed E-state index contributed by atoms with van der Waals surface area (Å²) in [5.41, 5.74) is 6.67. The Balaban J connectivity index is 2.14. The van der Waals surface area contributed by atoms with E-state index in [1.807, 2.05) is 0 Å². The first-order valence-corrected chi connectivity index (χ1v) is 10.3. The molecule has 0 saturated carbocycles. The molecule has 30 heavy (non-hydrogen) atoms. The fourth-order valence-electron chi connectivity index (χ4n) is 3.02. The van der Waals surface area contributed by atoms with E-state index in [0.717, 1.165) is 4.90 Å². The maximum Gasteiger partial charge on any atom is 0.257 e. The van der Waals surface area contributed by atoms with Crippen molar-refractivity contribution >= 4 is 33.0 Å². The van der Waals surface area contributed by atoms with Crippen molar-refractivity contribution < 1.29 is 22.7 Å². The lowest BCUT2D eigenvalue weighted by atomic mass is 10.3. The molecule has 0 atom stereocenters. The largest absolute Gasteiger partial charge is 0.478 e. The van der Waals surface area contributed by atoms with E-state index in [4.69, 9.17) is 10.5 Å². The molecule has 3 aromatic rings. The second-order valence-corrected chi connectivity index (χ2v) is 8.21. The minimum absolute atomic E-state index is 0.0200. The number of hydrogen-bond donors (Lipinski definition) is 1. The van der Waals surface area contributed by atoms with Gasteiger partial charge in [-0.1, -0.05) is 18.2 Å². The highest BCUT2D eigenvalue weighted by Crippen LogP contribution is 2.34. The molecule has 2 amide bonds. The van der Waals surface area contributed by atoms with Crippen molar-refractivity contribution in [3.63, 3.8) is 0 Å². The molecule has 156 valence electrons. The normalized spacial score (nSPS) is 11.2. The number of rotatable bonds is 5. The average Bonchev–Trinajstić information content (AvgIpc) is 3.05. The third-order valence-corrected chi connectivity index (χ3v) is 6.12. The van der Waals surface area contributed by atoms with Gasteiger partial charge in [-0.2, -0.15) is 0 Å².